The first kappa shape index (κ1) is 21.6. The lowest BCUT2D eigenvalue weighted by Gasteiger charge is -2.40. The zero-order chi connectivity index (χ0) is 21.5. The lowest BCUT2D eigenvalue weighted by molar-refractivity contribution is 0.115. The van der Waals surface area contributed by atoms with Crippen molar-refractivity contribution in [3.05, 3.63) is 62.3 Å². The van der Waals surface area contributed by atoms with E-state index in [9.17, 15) is 4.79 Å². The highest BCUT2D eigenvalue weighted by atomic mass is 79.9. The molecule has 1 saturated heterocycles. The average Bonchev–Trinajstić information content (AvgIpc) is 2.83. The van der Waals surface area contributed by atoms with E-state index in [1.54, 1.807) is 0 Å². The fourth-order valence-corrected chi connectivity index (χ4v) is 4.94. The van der Waals surface area contributed by atoms with E-state index >= 15 is 0 Å². The van der Waals surface area contributed by atoms with Gasteiger partial charge in [-0.1, -0.05) is 17.7 Å². The summed E-state index contributed by atoms with van der Waals surface area (Å²) in [4.78, 5) is 21.8. The van der Waals surface area contributed by atoms with Crippen LogP contribution in [0, 0.1) is 0 Å². The SMILES string of the molecule is CC(C)(C)NC(=O)N1CCN(C2c3ccc(Cl)cc3CCc3cc(Br)cnc32)CC1. The molecule has 1 aliphatic heterocycles. The summed E-state index contributed by atoms with van der Waals surface area (Å²) in [7, 11) is 0. The molecule has 2 aliphatic rings. The van der Waals surface area contributed by atoms with E-state index in [1.807, 2.05) is 37.9 Å². The highest BCUT2D eigenvalue weighted by Gasteiger charge is 2.33. The number of aromatic nitrogens is 1. The van der Waals surface area contributed by atoms with Gasteiger partial charge >= 0.3 is 6.03 Å². The van der Waals surface area contributed by atoms with Gasteiger partial charge in [0.15, 0.2) is 0 Å². The summed E-state index contributed by atoms with van der Waals surface area (Å²) < 4.78 is 1.01. The number of rotatable bonds is 1. The molecular formula is C23H28BrClN4O. The van der Waals surface area contributed by atoms with Crippen molar-refractivity contribution in [2.75, 3.05) is 26.2 Å². The number of aryl methyl sites for hydroxylation is 2. The number of nitrogens with one attached hydrogen (secondary N) is 1. The van der Waals surface area contributed by atoms with Crippen LogP contribution in [0.2, 0.25) is 5.02 Å². The Hall–Kier alpha value is -1.63. The topological polar surface area (TPSA) is 48.5 Å². The molecule has 2 aromatic rings. The van der Waals surface area contributed by atoms with E-state index in [-0.39, 0.29) is 17.6 Å². The molecule has 1 atom stereocenters. The summed E-state index contributed by atoms with van der Waals surface area (Å²) in [5.41, 5.74) is 4.72. The molecule has 0 radical (unpaired) electrons. The average molecular weight is 492 g/mol. The number of hydrogen-bond acceptors (Lipinski definition) is 3. The molecule has 1 aromatic heterocycles. The zero-order valence-corrected chi connectivity index (χ0v) is 20.1. The monoisotopic (exact) mass is 490 g/mol. The molecule has 2 amide bonds. The van der Waals surface area contributed by atoms with Crippen LogP contribution in [0.25, 0.3) is 0 Å². The maximum Gasteiger partial charge on any atom is 0.317 e. The van der Waals surface area contributed by atoms with Crippen molar-refractivity contribution in [2.45, 2.75) is 45.2 Å². The van der Waals surface area contributed by atoms with Gasteiger partial charge in [-0.05, 0) is 84.4 Å². The van der Waals surface area contributed by atoms with Crippen LogP contribution in [0.4, 0.5) is 4.79 Å². The van der Waals surface area contributed by atoms with Crippen LogP contribution in [0.3, 0.4) is 0 Å². The van der Waals surface area contributed by atoms with E-state index in [0.29, 0.717) is 13.1 Å². The third-order valence-electron chi connectivity index (χ3n) is 5.74. The molecule has 2 heterocycles. The Morgan fingerprint density at radius 2 is 1.83 bits per heavy atom. The van der Waals surface area contributed by atoms with Crippen molar-refractivity contribution in [1.29, 1.82) is 0 Å². The highest BCUT2D eigenvalue weighted by molar-refractivity contribution is 9.10. The third-order valence-corrected chi connectivity index (χ3v) is 6.41. The standard InChI is InChI=1S/C23H28BrClN4O/c1-23(2,3)27-22(30)29-10-8-28(9-11-29)21-19-7-6-18(25)13-15(19)4-5-16-12-17(24)14-26-20(16)21/h6-7,12-14,21H,4-5,8-11H2,1-3H3,(H,27,30). The molecule has 1 fully saturated rings. The molecule has 1 aromatic carbocycles. The molecule has 5 nitrogen and oxygen atoms in total. The Kier molecular flexibility index (Phi) is 6.11. The fraction of sp³-hybridized carbons (Fsp3) is 0.478. The first-order valence-electron chi connectivity index (χ1n) is 10.4. The van der Waals surface area contributed by atoms with Crippen LogP contribution < -0.4 is 5.32 Å². The fourth-order valence-electron chi connectivity index (χ4n) is 4.37. The molecule has 4 rings (SSSR count). The van der Waals surface area contributed by atoms with Crippen molar-refractivity contribution in [3.63, 3.8) is 0 Å². The maximum atomic E-state index is 12.6. The Bertz CT molecular complexity index is 897. The second-order valence-electron chi connectivity index (χ2n) is 9.15. The summed E-state index contributed by atoms with van der Waals surface area (Å²) >= 11 is 9.90. The van der Waals surface area contributed by atoms with E-state index in [0.717, 1.165) is 41.1 Å². The van der Waals surface area contributed by atoms with Gasteiger partial charge in [-0.15, -0.1) is 0 Å². The second kappa shape index (κ2) is 8.48. The van der Waals surface area contributed by atoms with Gasteiger partial charge in [-0.25, -0.2) is 4.79 Å². The zero-order valence-electron chi connectivity index (χ0n) is 17.7. The summed E-state index contributed by atoms with van der Waals surface area (Å²) in [5.74, 6) is 0. The number of carbonyl (C=O) groups is 1. The first-order valence-corrected chi connectivity index (χ1v) is 11.6. The van der Waals surface area contributed by atoms with Gasteiger partial charge in [-0.3, -0.25) is 9.88 Å². The number of halogens is 2. The number of carbonyl (C=O) groups excluding carboxylic acids is 1. The summed E-state index contributed by atoms with van der Waals surface area (Å²) in [5, 5.41) is 3.85. The number of amides is 2. The number of hydrogen-bond donors (Lipinski definition) is 1. The van der Waals surface area contributed by atoms with Crippen LogP contribution >= 0.6 is 27.5 Å². The molecule has 1 N–H and O–H groups in total. The predicted octanol–water partition coefficient (Wildman–Crippen LogP) is 4.81. The van der Waals surface area contributed by atoms with Crippen LogP contribution in [0.1, 0.15) is 49.2 Å². The van der Waals surface area contributed by atoms with Gasteiger partial charge in [0.05, 0.1) is 11.7 Å². The summed E-state index contributed by atoms with van der Waals surface area (Å²) in [6, 6.07) is 8.51. The minimum Gasteiger partial charge on any atom is -0.333 e. The molecule has 1 unspecified atom stereocenters. The maximum absolute atomic E-state index is 12.6. The number of nitrogens with zero attached hydrogens (tertiary/aromatic N) is 3. The minimum absolute atomic E-state index is 0.0117. The second-order valence-corrected chi connectivity index (χ2v) is 10.5. The minimum atomic E-state index is -0.232. The van der Waals surface area contributed by atoms with Crippen molar-refractivity contribution < 1.29 is 4.79 Å². The Morgan fingerprint density at radius 3 is 2.53 bits per heavy atom. The van der Waals surface area contributed by atoms with Crippen LogP contribution in [-0.2, 0) is 12.8 Å². The van der Waals surface area contributed by atoms with Gasteiger partial charge in [-0.2, -0.15) is 0 Å². The van der Waals surface area contributed by atoms with Crippen LogP contribution in [-0.4, -0.2) is 52.5 Å². The molecule has 30 heavy (non-hydrogen) atoms. The van der Waals surface area contributed by atoms with Crippen molar-refractivity contribution >= 4 is 33.6 Å². The van der Waals surface area contributed by atoms with Gasteiger partial charge in [0, 0.05) is 47.4 Å². The number of piperazine rings is 1. The predicted molar refractivity (Wildman–Crippen MR) is 124 cm³/mol. The van der Waals surface area contributed by atoms with Gasteiger partial charge in [0.25, 0.3) is 0 Å². The molecule has 1 aliphatic carbocycles. The normalized spacial score (nSPS) is 19.6. The third kappa shape index (κ3) is 4.66. The Labute approximate surface area is 191 Å². The first-order chi connectivity index (χ1) is 14.2. The molecular weight excluding hydrogens is 464 g/mol. The van der Waals surface area contributed by atoms with Gasteiger partial charge in [0.1, 0.15) is 0 Å². The Balaban J connectivity index is 1.62. The van der Waals surface area contributed by atoms with Crippen LogP contribution in [0.15, 0.2) is 34.9 Å². The number of pyridine rings is 1. The van der Waals surface area contributed by atoms with Crippen LogP contribution in [0.5, 0.6) is 0 Å². The lowest BCUT2D eigenvalue weighted by Crippen LogP contribution is -2.55. The smallest absolute Gasteiger partial charge is 0.317 e. The van der Waals surface area contributed by atoms with Crippen molar-refractivity contribution in [1.82, 2.24) is 20.1 Å². The molecule has 0 bridgehead atoms. The molecule has 0 spiro atoms. The van der Waals surface area contributed by atoms with Gasteiger partial charge in [0.2, 0.25) is 0 Å². The number of fused-ring (bicyclic) bond motifs is 2. The molecule has 7 heteroatoms. The van der Waals surface area contributed by atoms with E-state index in [4.69, 9.17) is 16.6 Å². The Morgan fingerprint density at radius 1 is 1.13 bits per heavy atom. The quantitative estimate of drug-likeness (QED) is 0.623. The van der Waals surface area contributed by atoms with Gasteiger partial charge < -0.3 is 10.2 Å². The van der Waals surface area contributed by atoms with Crippen molar-refractivity contribution in [3.8, 4) is 0 Å². The molecule has 0 saturated carbocycles. The summed E-state index contributed by atoms with van der Waals surface area (Å²) in [6.07, 6.45) is 3.78. The number of urea groups is 1. The van der Waals surface area contributed by atoms with Crippen molar-refractivity contribution in [2.24, 2.45) is 0 Å². The van der Waals surface area contributed by atoms with E-state index < -0.39 is 0 Å². The van der Waals surface area contributed by atoms with E-state index in [1.165, 1.54) is 16.7 Å². The van der Waals surface area contributed by atoms with E-state index in [2.05, 4.69) is 44.3 Å². The highest BCUT2D eigenvalue weighted by Crippen LogP contribution is 2.37. The number of benzene rings is 1. The summed E-state index contributed by atoms with van der Waals surface area (Å²) in [6.45, 7) is 9.05. The largest absolute Gasteiger partial charge is 0.333 e. The lowest BCUT2D eigenvalue weighted by atomic mass is 9.96. The molecule has 160 valence electrons.